The zero-order valence-electron chi connectivity index (χ0n) is 79.8. The number of H-pyrrole nitrogens is 1. The summed E-state index contributed by atoms with van der Waals surface area (Å²) >= 11 is 0. The van der Waals surface area contributed by atoms with Crippen molar-refractivity contribution in [3.63, 3.8) is 0 Å². The van der Waals surface area contributed by atoms with Crippen LogP contribution < -0.4 is 66.0 Å². The predicted molar refractivity (Wildman–Crippen MR) is 531 cm³/mol. The third-order valence-corrected chi connectivity index (χ3v) is 30.1. The molecule has 12 heterocycles. The number of para-hydroxylation sites is 2. The van der Waals surface area contributed by atoms with Crippen LogP contribution in [0.3, 0.4) is 0 Å². The van der Waals surface area contributed by atoms with Crippen molar-refractivity contribution in [1.29, 1.82) is 0 Å². The molecule has 0 radical (unpaired) electrons. The van der Waals surface area contributed by atoms with Gasteiger partial charge in [-0.05, 0) is 277 Å². The van der Waals surface area contributed by atoms with E-state index in [4.69, 9.17) is 36.9 Å². The molecule has 13 N–H and O–H groups in total. The van der Waals surface area contributed by atoms with Crippen LogP contribution in [0.1, 0.15) is 193 Å². The molecular weight excluding hydrogens is 1840 g/mol. The van der Waals surface area contributed by atoms with Crippen LogP contribution in [-0.2, 0) is 46.5 Å². The molecule has 8 aromatic heterocycles. The smallest absolute Gasteiger partial charge is 0.281 e. The number of ether oxygens (including phenoxy) is 1. The van der Waals surface area contributed by atoms with Gasteiger partial charge < -0.3 is 56.7 Å². The predicted octanol–water partition coefficient (Wildman–Crippen LogP) is 13.7. The van der Waals surface area contributed by atoms with Gasteiger partial charge in [-0.1, -0.05) is 83.0 Å². The Morgan fingerprint density at radius 3 is 1.36 bits per heavy atom. The van der Waals surface area contributed by atoms with Crippen LogP contribution in [0.25, 0.3) is 33.6 Å². The Balaban J connectivity index is 0.000000155. The number of amides is 4. The molecule has 1 unspecified atom stereocenters. The molecule has 35 nitrogen and oxygen atoms in total. The lowest BCUT2D eigenvalue weighted by molar-refractivity contribution is 0.0972. The summed E-state index contributed by atoms with van der Waals surface area (Å²) in [4.78, 5) is 106. The number of aromatic hydroxyl groups is 2. The summed E-state index contributed by atoms with van der Waals surface area (Å²) in [6, 6.07) is 43.1. The third-order valence-electron chi connectivity index (χ3n) is 24.9. The van der Waals surface area contributed by atoms with Gasteiger partial charge in [0.15, 0.2) is 14.9 Å². The maximum Gasteiger partial charge on any atom is 0.281 e. The van der Waals surface area contributed by atoms with Gasteiger partial charge in [-0.3, -0.25) is 24.0 Å². The van der Waals surface area contributed by atoms with Crippen LogP contribution in [0.4, 0.5) is 40.7 Å². The Labute approximate surface area is 805 Å². The maximum absolute atomic E-state index is 13.5. The highest BCUT2D eigenvalue weighted by Gasteiger charge is 2.45. The second kappa shape index (κ2) is 40.6. The molecule has 16 rings (SSSR count). The number of rotatable bonds is 24. The Hall–Kier alpha value is -13.7. The number of hydrogen-bond acceptors (Lipinski definition) is 30. The van der Waals surface area contributed by atoms with Gasteiger partial charge in [0.25, 0.3) is 69.3 Å². The number of aromatic amines is 1. The standard InChI is InChI=1S/C26H31N5O4S.C26H30N4O5S.C24H27N5O4S.C23H31N5O3S/c1-5-35-21-10-7-6-9-19(21)18-13-20(24(28-15-18)31-16-17(2)14-26(31,3)4)25(32)30-36(33,34)23-12-8-11-22(27)29-23;1-15-13-26(4,5)30(14-15)23-19(24(32)29-36(34,35)21-7-6-10-27-25(21)33)8-9-20(28-23)18-11-16(2)22(31)17(3)12-18;1-15-13-24(2,3)29(14-15)22-17(11-12-18(26-22)16-7-4-5-8-19(16)30)23(31)28-34(32,33)21-10-6-9-20(25)27-21;1-15-13-23(2,3)28(14-15)21-18(11-10-17(26-21)9-8-16-6-7-16)22(29)27-32(30,31)19-5-4-12-25-20(19)24/h6-13,15,17H,5,14,16H2,1-4H3,(H2,27,29)(H,30,32);6-12,15,31H,13-14H2,1-5H3,(H,27,33)(H,29,32);4-12,15,30H,13-14H2,1-3H3,(H2,25,27)(H,28,31);4-5,10-12,15-16H,6-9,13-14H2,1-3H3,(H2,24,25)(H,27,29)/t;3*15-/m.000/s1. The normalized spacial score (nSPS) is 18.0. The van der Waals surface area contributed by atoms with Gasteiger partial charge in [-0.15, -0.1) is 0 Å². The van der Waals surface area contributed by atoms with Crippen molar-refractivity contribution in [1.82, 2.24) is 58.8 Å². The van der Waals surface area contributed by atoms with E-state index >= 15 is 0 Å². The number of nitrogen functional groups attached to an aromatic ring is 3. The average molecular weight is 1960 g/mol. The van der Waals surface area contributed by atoms with Crippen molar-refractivity contribution in [3.8, 4) is 50.9 Å². The molecule has 11 aromatic rings. The van der Waals surface area contributed by atoms with Crippen LogP contribution in [0.2, 0.25) is 0 Å². The fourth-order valence-electron chi connectivity index (χ4n) is 18.7. The minimum atomic E-state index is -4.41. The maximum atomic E-state index is 13.5. The number of sulfonamides is 4. The van der Waals surface area contributed by atoms with Gasteiger partial charge in [0.1, 0.15) is 62.9 Å². The van der Waals surface area contributed by atoms with Gasteiger partial charge in [0.05, 0.1) is 40.2 Å². The van der Waals surface area contributed by atoms with Crippen molar-refractivity contribution in [3.05, 3.63) is 232 Å². The second-order valence-electron chi connectivity index (χ2n) is 38.5. The molecule has 39 heteroatoms. The number of phenolic OH excluding ortho intramolecular Hbond substituents is 2. The van der Waals surface area contributed by atoms with Crippen molar-refractivity contribution in [2.75, 3.05) is 69.6 Å². The van der Waals surface area contributed by atoms with E-state index < -0.39 is 74.2 Å². The number of phenols is 2. The minimum Gasteiger partial charge on any atom is -0.507 e. The number of nitrogens with two attached hydrogens (primary N) is 3. The van der Waals surface area contributed by atoms with E-state index in [2.05, 4.69) is 132 Å². The second-order valence-corrected chi connectivity index (χ2v) is 45.1. The largest absolute Gasteiger partial charge is 0.507 e. The molecule has 730 valence electrons. The van der Waals surface area contributed by atoms with Gasteiger partial charge >= 0.3 is 0 Å². The highest BCUT2D eigenvalue weighted by atomic mass is 32.2. The van der Waals surface area contributed by atoms with Crippen LogP contribution in [0.15, 0.2) is 207 Å². The van der Waals surface area contributed by atoms with Crippen LogP contribution in [-0.4, -0.2) is 162 Å². The molecule has 5 fully saturated rings. The van der Waals surface area contributed by atoms with Crippen molar-refractivity contribution in [2.24, 2.45) is 29.6 Å². The number of anilines is 7. The number of nitrogens with zero attached hydrogens (tertiary/aromatic N) is 11. The monoisotopic (exact) mass is 1960 g/mol. The number of carbonyl (C=O) groups excluding carboxylic acids is 4. The number of nitrogens with one attached hydrogen (secondary N) is 5. The summed E-state index contributed by atoms with van der Waals surface area (Å²) in [5.41, 5.74) is 21.7. The topological polar surface area (TPSA) is 517 Å². The first-order chi connectivity index (χ1) is 64.9. The number of hydrogen-bond donors (Lipinski definition) is 10. The number of pyridine rings is 8. The Morgan fingerprint density at radius 2 is 0.899 bits per heavy atom. The summed E-state index contributed by atoms with van der Waals surface area (Å²) in [6.45, 7) is 33.9. The fourth-order valence-corrected chi connectivity index (χ4v) is 22.6. The van der Waals surface area contributed by atoms with Gasteiger partial charge in [-0.2, -0.15) is 16.8 Å². The van der Waals surface area contributed by atoms with Crippen LogP contribution in [0, 0.1) is 43.4 Å². The highest BCUT2D eigenvalue weighted by molar-refractivity contribution is 7.91. The minimum absolute atomic E-state index is 0.0255. The van der Waals surface area contributed by atoms with Gasteiger partial charge in [-0.25, -0.2) is 70.6 Å². The van der Waals surface area contributed by atoms with E-state index in [0.29, 0.717) is 113 Å². The average Bonchev–Trinajstić information content (AvgIpc) is 1.59. The van der Waals surface area contributed by atoms with E-state index in [1.807, 2.05) is 63.9 Å². The number of carbonyl (C=O) groups is 4. The first kappa shape index (κ1) is 102. The molecular formula is C99H119N19O16S4. The summed E-state index contributed by atoms with van der Waals surface area (Å²) in [6.07, 6.45) is 12.5. The lowest BCUT2D eigenvalue weighted by atomic mass is 9.97. The van der Waals surface area contributed by atoms with Gasteiger partial charge in [0.2, 0.25) is 0 Å². The first-order valence-electron chi connectivity index (χ1n) is 45.4. The Bertz CT molecular complexity index is 7020. The molecule has 3 aromatic carbocycles. The lowest BCUT2D eigenvalue weighted by Crippen LogP contribution is -2.41. The lowest BCUT2D eigenvalue weighted by Gasteiger charge is -2.34. The van der Waals surface area contributed by atoms with Gasteiger partial charge in [0, 0.05) is 94.9 Å². The van der Waals surface area contributed by atoms with Crippen LogP contribution >= 0.6 is 0 Å². The summed E-state index contributed by atoms with van der Waals surface area (Å²) in [5, 5.41) is 19.8. The van der Waals surface area contributed by atoms with Crippen molar-refractivity contribution in [2.45, 2.75) is 197 Å². The van der Waals surface area contributed by atoms with Crippen molar-refractivity contribution < 1.29 is 67.8 Å². The third kappa shape index (κ3) is 23.4. The first-order valence-corrected chi connectivity index (χ1v) is 51.3. The quantitative estimate of drug-likeness (QED) is 0.0269. The molecule has 0 bridgehead atoms. The summed E-state index contributed by atoms with van der Waals surface area (Å²) < 4.78 is 117. The van der Waals surface area contributed by atoms with E-state index in [9.17, 15) is 67.9 Å². The number of aryl methyl sites for hydroxylation is 3. The molecule has 1 aliphatic carbocycles. The molecule has 138 heavy (non-hydrogen) atoms. The molecule has 4 saturated heterocycles. The number of benzene rings is 3. The van der Waals surface area contributed by atoms with E-state index in [-0.39, 0.29) is 88.3 Å². The molecule has 5 aliphatic rings. The van der Waals surface area contributed by atoms with Crippen molar-refractivity contribution >= 4 is 104 Å². The molecule has 4 amide bonds. The Kier molecular flexibility index (Phi) is 29.9. The SMILES string of the molecule is CCOc1ccccc1-c1cnc(N2CC(C)CC2(C)C)c(C(=O)NS(=O)(=O)c2cccc(N)n2)c1.C[C@@H]1CN(c2nc(-c3ccccc3O)ccc2C(=O)NS(=O)(=O)c2cccc(N)n2)C(C)(C)C1.C[C@@H]1CN(c2nc(CCC3CC3)ccc2C(=O)NS(=O)(=O)c2cccnc2N)C(C)(C)C1.Cc1cc(-c2ccc(C(=O)NS(=O)(=O)c3ccc[nH]c3=O)c(N3C[C@@H](C)CC3(C)C)n2)cc(C)c1O. The van der Waals surface area contributed by atoms with E-state index in [0.717, 1.165) is 73.9 Å². The molecule has 1 saturated carbocycles. The summed E-state index contributed by atoms with van der Waals surface area (Å²) in [5.74, 6) is 1.57. The zero-order chi connectivity index (χ0) is 100. The van der Waals surface area contributed by atoms with E-state index in [1.54, 1.807) is 74.6 Å². The van der Waals surface area contributed by atoms with Crippen LogP contribution in [0.5, 0.6) is 17.2 Å². The fraction of sp³-hybridized carbons (Fsp3) is 0.374. The molecule has 4 aliphatic heterocycles. The Morgan fingerprint density at radius 1 is 0.464 bits per heavy atom. The van der Waals surface area contributed by atoms with E-state index in [1.165, 1.54) is 85.9 Å². The molecule has 4 atom stereocenters. The molecule has 0 spiro atoms. The highest BCUT2D eigenvalue weighted by Crippen LogP contribution is 2.45. The zero-order valence-corrected chi connectivity index (χ0v) is 83.1. The summed E-state index contributed by atoms with van der Waals surface area (Å²) in [7, 11) is -17.1. The number of aromatic nitrogens is 8.